The molecule has 3 atom stereocenters. The Morgan fingerprint density at radius 3 is 2.67 bits per heavy atom. The highest BCUT2D eigenvalue weighted by molar-refractivity contribution is 7.37. The van der Waals surface area contributed by atoms with Gasteiger partial charge >= 0.3 is 0 Å². The maximum absolute atomic E-state index is 9.50. The summed E-state index contributed by atoms with van der Waals surface area (Å²) in [6.45, 7) is 0.712. The molecule has 1 aliphatic heterocycles. The highest BCUT2D eigenvalue weighted by Crippen LogP contribution is 2.33. The number of β-amino-alcohol motifs (C(OH)–C–C–N with tert-alkyl or cyclic N) is 1. The fourth-order valence-electron chi connectivity index (χ4n) is 2.10. The van der Waals surface area contributed by atoms with Gasteiger partial charge in [-0.1, -0.05) is 36.6 Å². The number of rotatable bonds is 3. The summed E-state index contributed by atoms with van der Waals surface area (Å²) < 4.78 is 0. The second kappa shape index (κ2) is 4.89. The van der Waals surface area contributed by atoms with Crippen LogP contribution in [-0.4, -0.2) is 30.1 Å². The third-order valence-corrected chi connectivity index (χ3v) is 3.91. The van der Waals surface area contributed by atoms with Crippen LogP contribution in [0.5, 0.6) is 0 Å². The van der Waals surface area contributed by atoms with E-state index in [-0.39, 0.29) is 6.10 Å². The average Bonchev–Trinajstić information content (AvgIpc) is 2.68. The fraction of sp³-hybridized carbons (Fsp3) is 0.417. The Labute approximate surface area is 92.1 Å². The van der Waals surface area contributed by atoms with E-state index < -0.39 is 0 Å². The van der Waals surface area contributed by atoms with Crippen LogP contribution in [0, 0.1) is 0 Å². The molecule has 1 heterocycles. The predicted molar refractivity (Wildman–Crippen MR) is 65.6 cm³/mol. The smallest absolute Gasteiger partial charge is 0.0680 e. The van der Waals surface area contributed by atoms with Crippen molar-refractivity contribution in [2.75, 3.05) is 6.54 Å². The first-order chi connectivity index (χ1) is 7.31. The second-order valence-corrected chi connectivity index (χ2v) is 4.86. The van der Waals surface area contributed by atoms with Crippen LogP contribution in [0.1, 0.15) is 17.6 Å². The molecular formula is C12H16NOP. The molecule has 15 heavy (non-hydrogen) atoms. The maximum atomic E-state index is 9.50. The van der Waals surface area contributed by atoms with Crippen molar-refractivity contribution < 1.29 is 5.11 Å². The van der Waals surface area contributed by atoms with Crippen molar-refractivity contribution in [3.05, 3.63) is 35.9 Å². The predicted octanol–water partition coefficient (Wildman–Crippen LogP) is 1.83. The van der Waals surface area contributed by atoms with E-state index in [9.17, 15) is 5.11 Å². The first kappa shape index (κ1) is 10.8. The molecule has 2 nitrogen and oxygen atoms in total. The summed E-state index contributed by atoms with van der Waals surface area (Å²) in [6.07, 6.45) is 4.63. The SMILES string of the molecule is C=P[C@H](c1ccccc1)C1C[C@@H](O)CN1. The van der Waals surface area contributed by atoms with Gasteiger partial charge in [-0.2, -0.15) is 0 Å². The molecule has 2 N–H and O–H groups in total. The molecule has 0 bridgehead atoms. The molecule has 1 unspecified atom stereocenters. The molecule has 0 spiro atoms. The van der Waals surface area contributed by atoms with Gasteiger partial charge in [0.25, 0.3) is 0 Å². The van der Waals surface area contributed by atoms with Crippen LogP contribution in [0.25, 0.3) is 0 Å². The minimum absolute atomic E-state index is 0.192. The number of benzene rings is 1. The Kier molecular flexibility index (Phi) is 3.53. The first-order valence-corrected chi connectivity index (χ1v) is 6.38. The Hall–Kier alpha value is -0.690. The lowest BCUT2D eigenvalue weighted by Gasteiger charge is -2.19. The van der Waals surface area contributed by atoms with Gasteiger partial charge in [0.1, 0.15) is 0 Å². The van der Waals surface area contributed by atoms with Crippen molar-refractivity contribution >= 4 is 14.5 Å². The van der Waals surface area contributed by atoms with Crippen molar-refractivity contribution in [3.8, 4) is 0 Å². The third kappa shape index (κ3) is 2.46. The van der Waals surface area contributed by atoms with Crippen molar-refractivity contribution in [2.45, 2.75) is 24.2 Å². The van der Waals surface area contributed by atoms with E-state index in [1.165, 1.54) is 5.56 Å². The van der Waals surface area contributed by atoms with Gasteiger partial charge in [0.2, 0.25) is 0 Å². The summed E-state index contributed by atoms with van der Waals surface area (Å²) in [5.41, 5.74) is 1.70. The second-order valence-electron chi connectivity index (χ2n) is 3.94. The van der Waals surface area contributed by atoms with Crippen LogP contribution in [-0.2, 0) is 0 Å². The number of aliphatic hydroxyl groups is 1. The molecule has 80 valence electrons. The van der Waals surface area contributed by atoms with Gasteiger partial charge in [-0.15, -0.1) is 8.20 Å². The van der Waals surface area contributed by atoms with Gasteiger partial charge in [-0.3, -0.25) is 0 Å². The summed E-state index contributed by atoms with van der Waals surface area (Å²) in [5.74, 6) is 0. The summed E-state index contributed by atoms with van der Waals surface area (Å²) in [6, 6.07) is 10.8. The van der Waals surface area contributed by atoms with Crippen molar-refractivity contribution in [1.82, 2.24) is 5.32 Å². The highest BCUT2D eigenvalue weighted by Gasteiger charge is 2.28. The standard InChI is InChI=1S/C12H16NOP/c1-15-12(9-5-3-2-4-6-9)11-7-10(14)8-13-11/h2-6,10-14H,1,7-8H2/t10-,11?,12-/m1/s1. The molecule has 3 heteroatoms. The molecule has 0 aromatic heterocycles. The van der Waals surface area contributed by atoms with Gasteiger partial charge < -0.3 is 10.4 Å². The van der Waals surface area contributed by atoms with E-state index in [2.05, 4.69) is 35.9 Å². The summed E-state index contributed by atoms with van der Waals surface area (Å²) in [4.78, 5) is 0. The molecule has 1 aliphatic rings. The van der Waals surface area contributed by atoms with Crippen molar-refractivity contribution in [3.63, 3.8) is 0 Å². The zero-order chi connectivity index (χ0) is 10.7. The molecule has 0 saturated carbocycles. The number of nitrogens with one attached hydrogen (secondary N) is 1. The van der Waals surface area contributed by atoms with Crippen LogP contribution < -0.4 is 5.32 Å². The first-order valence-electron chi connectivity index (χ1n) is 5.23. The quantitative estimate of drug-likeness (QED) is 0.763. The number of aliphatic hydroxyl groups excluding tert-OH is 1. The van der Waals surface area contributed by atoms with E-state index in [1.807, 2.05) is 6.07 Å². The largest absolute Gasteiger partial charge is 0.392 e. The molecule has 0 amide bonds. The van der Waals surface area contributed by atoms with Crippen LogP contribution in [0.15, 0.2) is 30.3 Å². The average molecular weight is 221 g/mol. The lowest BCUT2D eigenvalue weighted by Crippen LogP contribution is -2.26. The Balaban J connectivity index is 2.14. The van der Waals surface area contributed by atoms with Crippen LogP contribution in [0.2, 0.25) is 0 Å². The van der Waals surface area contributed by atoms with Crippen LogP contribution in [0.4, 0.5) is 0 Å². The van der Waals surface area contributed by atoms with E-state index in [4.69, 9.17) is 0 Å². The summed E-state index contributed by atoms with van der Waals surface area (Å²) in [7, 11) is 1.11. The monoisotopic (exact) mass is 221 g/mol. The van der Waals surface area contributed by atoms with Crippen LogP contribution >= 0.6 is 8.20 Å². The molecule has 1 aromatic carbocycles. The van der Waals surface area contributed by atoms with Gasteiger partial charge in [0.15, 0.2) is 0 Å². The zero-order valence-electron chi connectivity index (χ0n) is 8.63. The highest BCUT2D eigenvalue weighted by atomic mass is 31.1. The van der Waals surface area contributed by atoms with Gasteiger partial charge in [0.05, 0.1) is 6.10 Å². The fourth-order valence-corrected chi connectivity index (χ4v) is 2.97. The Morgan fingerprint density at radius 2 is 2.13 bits per heavy atom. The summed E-state index contributed by atoms with van der Waals surface area (Å²) >= 11 is 0. The van der Waals surface area contributed by atoms with Crippen molar-refractivity contribution in [1.29, 1.82) is 0 Å². The summed E-state index contributed by atoms with van der Waals surface area (Å²) in [5, 5.41) is 12.9. The minimum atomic E-state index is -0.192. The third-order valence-electron chi connectivity index (χ3n) is 2.86. The zero-order valence-corrected chi connectivity index (χ0v) is 9.53. The normalized spacial score (nSPS) is 28.1. The van der Waals surface area contributed by atoms with Crippen LogP contribution in [0.3, 0.4) is 0 Å². The van der Waals surface area contributed by atoms with Crippen molar-refractivity contribution in [2.24, 2.45) is 0 Å². The van der Waals surface area contributed by atoms with Gasteiger partial charge in [-0.05, 0) is 12.0 Å². The maximum Gasteiger partial charge on any atom is 0.0680 e. The molecule has 1 aromatic rings. The lowest BCUT2D eigenvalue weighted by atomic mass is 10.0. The molecule has 0 radical (unpaired) electrons. The Bertz CT molecular complexity index is 328. The van der Waals surface area contributed by atoms with E-state index in [0.717, 1.165) is 14.6 Å². The van der Waals surface area contributed by atoms with E-state index in [0.29, 0.717) is 18.2 Å². The molecule has 1 saturated heterocycles. The van der Waals surface area contributed by atoms with Gasteiger partial charge in [-0.25, -0.2) is 0 Å². The van der Waals surface area contributed by atoms with Gasteiger partial charge in [0, 0.05) is 18.2 Å². The molecular weight excluding hydrogens is 205 g/mol. The molecule has 1 fully saturated rings. The molecule has 2 rings (SSSR count). The topological polar surface area (TPSA) is 32.3 Å². The number of hydrogen-bond donors (Lipinski definition) is 2. The molecule has 0 aliphatic carbocycles. The number of hydrogen-bond acceptors (Lipinski definition) is 2. The van der Waals surface area contributed by atoms with E-state index >= 15 is 0 Å². The lowest BCUT2D eigenvalue weighted by molar-refractivity contribution is 0.193. The van der Waals surface area contributed by atoms with E-state index in [1.54, 1.807) is 0 Å². The minimum Gasteiger partial charge on any atom is -0.392 e. The Morgan fingerprint density at radius 1 is 1.40 bits per heavy atom.